The number of likely N-dealkylation sites (tertiary alicyclic amines) is 1. The lowest BCUT2D eigenvalue weighted by molar-refractivity contribution is -0.152. The molecule has 2 aliphatic heterocycles. The molecule has 26 heavy (non-hydrogen) atoms. The average Bonchev–Trinajstić information content (AvgIpc) is 3.35. The van der Waals surface area contributed by atoms with Gasteiger partial charge in [-0.3, -0.25) is 9.59 Å². The van der Waals surface area contributed by atoms with Crippen LogP contribution < -0.4 is 0 Å². The van der Waals surface area contributed by atoms with Crippen molar-refractivity contribution in [3.8, 4) is 0 Å². The third-order valence-corrected chi connectivity index (χ3v) is 6.20. The van der Waals surface area contributed by atoms with Gasteiger partial charge in [-0.2, -0.15) is 4.98 Å². The van der Waals surface area contributed by atoms with E-state index >= 15 is 0 Å². The van der Waals surface area contributed by atoms with E-state index in [4.69, 9.17) is 9.26 Å². The fourth-order valence-electron chi connectivity index (χ4n) is 4.64. The molecule has 142 valence electrons. The summed E-state index contributed by atoms with van der Waals surface area (Å²) in [5.41, 5.74) is -0.524. The Labute approximate surface area is 153 Å². The molecule has 0 bridgehead atoms. The molecule has 1 spiro atoms. The number of amides is 1. The predicted octanol–water partition coefficient (Wildman–Crippen LogP) is 2.77. The minimum absolute atomic E-state index is 0.0876. The standard InChI is InChI=1S/C19H27N3O4/c1-12(2)16-20-17(26-21-16)13-5-9-22(10-6-13)18(24)14-11-15(23)25-19(14)7-3-4-8-19/h12-14H,3-11H2,1-2H3. The second-order valence-corrected chi connectivity index (χ2v) is 8.25. The predicted molar refractivity (Wildman–Crippen MR) is 92.3 cm³/mol. The van der Waals surface area contributed by atoms with Crippen molar-refractivity contribution in [1.82, 2.24) is 15.0 Å². The maximum atomic E-state index is 13.1. The Morgan fingerprint density at radius 3 is 2.54 bits per heavy atom. The quantitative estimate of drug-likeness (QED) is 0.770. The first-order chi connectivity index (χ1) is 12.5. The van der Waals surface area contributed by atoms with Gasteiger partial charge in [0, 0.05) is 24.9 Å². The number of piperidine rings is 1. The Morgan fingerprint density at radius 2 is 1.92 bits per heavy atom. The molecule has 4 rings (SSSR count). The lowest BCUT2D eigenvalue weighted by Crippen LogP contribution is -2.47. The number of ether oxygens (including phenoxy) is 1. The summed E-state index contributed by atoms with van der Waals surface area (Å²) < 4.78 is 11.1. The van der Waals surface area contributed by atoms with E-state index in [1.165, 1.54) is 0 Å². The van der Waals surface area contributed by atoms with Gasteiger partial charge in [0.25, 0.3) is 0 Å². The van der Waals surface area contributed by atoms with Gasteiger partial charge in [0.05, 0.1) is 12.3 Å². The third kappa shape index (κ3) is 3.01. The van der Waals surface area contributed by atoms with E-state index in [-0.39, 0.29) is 36.1 Å². The van der Waals surface area contributed by atoms with E-state index in [2.05, 4.69) is 10.1 Å². The molecule has 0 radical (unpaired) electrons. The maximum Gasteiger partial charge on any atom is 0.307 e. The first-order valence-corrected chi connectivity index (χ1v) is 9.82. The smallest absolute Gasteiger partial charge is 0.307 e. The second kappa shape index (κ2) is 6.67. The molecule has 1 atom stereocenters. The van der Waals surface area contributed by atoms with Crippen molar-refractivity contribution in [2.45, 2.75) is 76.2 Å². The average molecular weight is 361 g/mol. The number of rotatable bonds is 3. The minimum Gasteiger partial charge on any atom is -0.458 e. The lowest BCUT2D eigenvalue weighted by atomic mass is 9.84. The molecule has 1 unspecified atom stereocenters. The van der Waals surface area contributed by atoms with Crippen molar-refractivity contribution < 1.29 is 18.8 Å². The Balaban J connectivity index is 1.39. The first kappa shape index (κ1) is 17.5. The molecular formula is C19H27N3O4. The topological polar surface area (TPSA) is 85.5 Å². The van der Waals surface area contributed by atoms with Crippen molar-refractivity contribution in [3.63, 3.8) is 0 Å². The van der Waals surface area contributed by atoms with Gasteiger partial charge < -0.3 is 14.2 Å². The number of hydrogen-bond acceptors (Lipinski definition) is 6. The van der Waals surface area contributed by atoms with Crippen LogP contribution in [0.1, 0.15) is 82.3 Å². The zero-order chi connectivity index (χ0) is 18.3. The summed E-state index contributed by atoms with van der Waals surface area (Å²) in [6, 6.07) is 0. The van der Waals surface area contributed by atoms with Crippen LogP contribution in [0, 0.1) is 5.92 Å². The van der Waals surface area contributed by atoms with Crippen LogP contribution in [-0.2, 0) is 14.3 Å². The monoisotopic (exact) mass is 361 g/mol. The maximum absolute atomic E-state index is 13.1. The molecule has 0 N–H and O–H groups in total. The third-order valence-electron chi connectivity index (χ3n) is 6.20. The van der Waals surface area contributed by atoms with Crippen LogP contribution in [0.2, 0.25) is 0 Å². The van der Waals surface area contributed by atoms with Crippen LogP contribution in [0.25, 0.3) is 0 Å². The highest BCUT2D eigenvalue weighted by molar-refractivity contribution is 5.88. The number of esters is 1. The summed E-state index contributed by atoms with van der Waals surface area (Å²) in [6.07, 6.45) is 5.60. The molecule has 1 saturated carbocycles. The SMILES string of the molecule is CC(C)c1noc(C2CCN(C(=O)C3CC(=O)OC34CCCC4)CC2)n1. The van der Waals surface area contributed by atoms with Gasteiger partial charge in [0.15, 0.2) is 5.82 Å². The highest BCUT2D eigenvalue weighted by atomic mass is 16.6. The van der Waals surface area contributed by atoms with Crippen molar-refractivity contribution in [3.05, 3.63) is 11.7 Å². The van der Waals surface area contributed by atoms with Crippen molar-refractivity contribution >= 4 is 11.9 Å². The van der Waals surface area contributed by atoms with Gasteiger partial charge >= 0.3 is 5.97 Å². The van der Waals surface area contributed by atoms with Crippen LogP contribution in [-0.4, -0.2) is 45.6 Å². The minimum atomic E-state index is -0.524. The van der Waals surface area contributed by atoms with Gasteiger partial charge in [-0.05, 0) is 38.5 Å². The summed E-state index contributed by atoms with van der Waals surface area (Å²) in [4.78, 5) is 31.4. The highest BCUT2D eigenvalue weighted by Crippen LogP contribution is 2.46. The molecular weight excluding hydrogens is 334 g/mol. The van der Waals surface area contributed by atoms with Gasteiger partial charge in [-0.15, -0.1) is 0 Å². The van der Waals surface area contributed by atoms with Gasteiger partial charge in [0.1, 0.15) is 5.60 Å². The zero-order valence-corrected chi connectivity index (χ0v) is 15.6. The summed E-state index contributed by atoms with van der Waals surface area (Å²) in [7, 11) is 0. The van der Waals surface area contributed by atoms with Gasteiger partial charge in [-0.1, -0.05) is 19.0 Å². The van der Waals surface area contributed by atoms with Crippen molar-refractivity contribution in [2.24, 2.45) is 5.92 Å². The van der Waals surface area contributed by atoms with E-state index in [1.807, 2.05) is 18.7 Å². The Kier molecular flexibility index (Phi) is 4.49. The van der Waals surface area contributed by atoms with Crippen LogP contribution in [0.3, 0.4) is 0 Å². The van der Waals surface area contributed by atoms with Crippen molar-refractivity contribution in [2.75, 3.05) is 13.1 Å². The largest absolute Gasteiger partial charge is 0.458 e. The number of aromatic nitrogens is 2. The summed E-state index contributed by atoms with van der Waals surface area (Å²) in [5, 5.41) is 4.04. The van der Waals surface area contributed by atoms with Gasteiger partial charge in [0.2, 0.25) is 11.8 Å². The Bertz CT molecular complexity index is 685. The summed E-state index contributed by atoms with van der Waals surface area (Å²) >= 11 is 0. The van der Waals surface area contributed by atoms with Crippen molar-refractivity contribution in [1.29, 1.82) is 0 Å². The van der Waals surface area contributed by atoms with Crippen LogP contribution in [0.4, 0.5) is 0 Å². The van der Waals surface area contributed by atoms with Crippen LogP contribution in [0.15, 0.2) is 4.52 Å². The molecule has 7 heteroatoms. The number of carbonyl (C=O) groups excluding carboxylic acids is 2. The molecule has 3 aliphatic rings. The zero-order valence-electron chi connectivity index (χ0n) is 15.6. The van der Waals surface area contributed by atoms with E-state index < -0.39 is 5.60 Å². The molecule has 3 heterocycles. The molecule has 1 aliphatic carbocycles. The molecule has 1 aromatic heterocycles. The van der Waals surface area contributed by atoms with Crippen LogP contribution in [0.5, 0.6) is 0 Å². The second-order valence-electron chi connectivity index (χ2n) is 8.25. The van der Waals surface area contributed by atoms with Gasteiger partial charge in [-0.25, -0.2) is 0 Å². The molecule has 1 aromatic rings. The summed E-state index contributed by atoms with van der Waals surface area (Å²) in [5.74, 6) is 1.45. The fourth-order valence-corrected chi connectivity index (χ4v) is 4.64. The Hall–Kier alpha value is -1.92. The Morgan fingerprint density at radius 1 is 1.23 bits per heavy atom. The number of carbonyl (C=O) groups is 2. The molecule has 1 amide bonds. The highest BCUT2D eigenvalue weighted by Gasteiger charge is 2.55. The first-order valence-electron chi connectivity index (χ1n) is 9.82. The number of nitrogens with zero attached hydrogens (tertiary/aromatic N) is 3. The van der Waals surface area contributed by atoms with E-state index in [0.717, 1.165) is 44.3 Å². The molecule has 2 saturated heterocycles. The van der Waals surface area contributed by atoms with Crippen LogP contribution >= 0.6 is 0 Å². The molecule has 0 aromatic carbocycles. The van der Waals surface area contributed by atoms with E-state index in [1.54, 1.807) is 0 Å². The van der Waals surface area contributed by atoms with E-state index in [9.17, 15) is 9.59 Å². The normalized spacial score (nSPS) is 26.0. The molecule has 7 nitrogen and oxygen atoms in total. The lowest BCUT2D eigenvalue weighted by Gasteiger charge is -2.35. The fraction of sp³-hybridized carbons (Fsp3) is 0.789. The number of hydrogen-bond donors (Lipinski definition) is 0. The molecule has 3 fully saturated rings. The summed E-state index contributed by atoms with van der Waals surface area (Å²) in [6.45, 7) is 5.42. The van der Waals surface area contributed by atoms with E-state index in [0.29, 0.717) is 19.0 Å².